The van der Waals surface area contributed by atoms with Crippen LogP contribution in [0, 0.1) is 12.7 Å². The first kappa shape index (κ1) is 14.1. The second-order valence-electron chi connectivity index (χ2n) is 3.80. The maximum atomic E-state index is 13.4. The first-order valence-corrected chi connectivity index (χ1v) is 5.72. The van der Waals surface area contributed by atoms with E-state index < -0.39 is 18.0 Å². The van der Waals surface area contributed by atoms with Gasteiger partial charge >= 0.3 is 0 Å². The monoisotopic (exact) mass is 260 g/mol. The number of aliphatic hydroxyl groups is 2. The molecule has 5 heteroatoms. The lowest BCUT2D eigenvalue weighted by molar-refractivity contribution is 0.0161. The minimum Gasteiger partial charge on any atom is -0.390 e. The molecule has 0 heterocycles. The molecule has 0 bridgehead atoms. The summed E-state index contributed by atoms with van der Waals surface area (Å²) in [6, 6.07) is 2.61. The highest BCUT2D eigenvalue weighted by Crippen LogP contribution is 2.27. The summed E-state index contributed by atoms with van der Waals surface area (Å²) in [5.41, 5.74) is 0.457. The fourth-order valence-corrected chi connectivity index (χ4v) is 1.92. The van der Waals surface area contributed by atoms with Crippen molar-refractivity contribution >= 4 is 17.9 Å². The summed E-state index contributed by atoms with van der Waals surface area (Å²) in [5, 5.41) is 19.5. The van der Waals surface area contributed by atoms with Crippen LogP contribution in [0.2, 0.25) is 0 Å². The largest absolute Gasteiger partial charge is 0.390 e. The molecular weight excluding hydrogens is 247 g/mol. The van der Waals surface area contributed by atoms with Crippen LogP contribution in [0.15, 0.2) is 12.1 Å². The van der Waals surface area contributed by atoms with E-state index in [1.807, 2.05) is 0 Å². The predicted molar refractivity (Wildman–Crippen MR) is 62.8 cm³/mol. The van der Waals surface area contributed by atoms with Crippen molar-refractivity contribution in [3.63, 3.8) is 0 Å². The van der Waals surface area contributed by atoms with Crippen LogP contribution in [0.4, 0.5) is 4.39 Å². The van der Waals surface area contributed by atoms with Gasteiger partial charge in [-0.25, -0.2) is 4.39 Å². The first-order valence-electron chi connectivity index (χ1n) is 5.19. The van der Waals surface area contributed by atoms with Crippen molar-refractivity contribution < 1.29 is 19.4 Å². The Kier molecular flexibility index (Phi) is 5.05. The van der Waals surface area contributed by atoms with Crippen LogP contribution in [0.25, 0.3) is 0 Å². The fourth-order valence-electron chi connectivity index (χ4n) is 1.69. The lowest BCUT2D eigenvalue weighted by atomic mass is 9.93. The number of carbonyl (C=O) groups is 1. The van der Waals surface area contributed by atoms with Gasteiger partial charge in [0.15, 0.2) is 6.29 Å². The molecule has 0 aromatic heterocycles. The summed E-state index contributed by atoms with van der Waals surface area (Å²) in [5.74, 6) is -0.541. The van der Waals surface area contributed by atoms with Gasteiger partial charge in [-0.3, -0.25) is 4.79 Å². The molecular formula is C12H14ClFO3. The molecule has 0 aliphatic rings. The van der Waals surface area contributed by atoms with Crippen molar-refractivity contribution in [3.8, 4) is 0 Å². The number of aliphatic hydroxyl groups excluding tert-OH is 2. The Morgan fingerprint density at radius 3 is 2.65 bits per heavy atom. The molecule has 0 aliphatic carbocycles. The third kappa shape index (κ3) is 3.03. The zero-order valence-corrected chi connectivity index (χ0v) is 10.1. The van der Waals surface area contributed by atoms with Crippen LogP contribution in [-0.2, 0) is 0 Å². The molecule has 0 aliphatic heterocycles. The van der Waals surface area contributed by atoms with Gasteiger partial charge in [0.1, 0.15) is 11.9 Å². The topological polar surface area (TPSA) is 57.5 Å². The van der Waals surface area contributed by atoms with Crippen LogP contribution >= 0.6 is 11.6 Å². The lowest BCUT2D eigenvalue weighted by Gasteiger charge is -2.20. The first-order chi connectivity index (χ1) is 8.02. The number of halogens is 2. The number of benzene rings is 1. The maximum Gasteiger partial charge on any atom is 0.153 e. The number of carbonyl (C=O) groups excluding carboxylic acids is 1. The van der Waals surface area contributed by atoms with Gasteiger partial charge in [0.2, 0.25) is 0 Å². The van der Waals surface area contributed by atoms with Crippen molar-refractivity contribution in [3.05, 3.63) is 34.6 Å². The van der Waals surface area contributed by atoms with E-state index in [9.17, 15) is 19.4 Å². The van der Waals surface area contributed by atoms with Gasteiger partial charge in [-0.1, -0.05) is 6.07 Å². The molecule has 1 aromatic rings. The van der Waals surface area contributed by atoms with E-state index in [1.54, 1.807) is 6.92 Å². The highest BCUT2D eigenvalue weighted by atomic mass is 35.5. The average Bonchev–Trinajstić information content (AvgIpc) is 2.31. The summed E-state index contributed by atoms with van der Waals surface area (Å²) in [7, 11) is 0. The normalized spacial score (nSPS) is 14.4. The van der Waals surface area contributed by atoms with Gasteiger partial charge in [0, 0.05) is 5.88 Å². The number of aldehydes is 1. The molecule has 2 N–H and O–H groups in total. The van der Waals surface area contributed by atoms with Crippen molar-refractivity contribution in [2.24, 2.45) is 0 Å². The number of hydrogen-bond acceptors (Lipinski definition) is 3. The Morgan fingerprint density at radius 1 is 1.47 bits per heavy atom. The van der Waals surface area contributed by atoms with Crippen molar-refractivity contribution in [1.29, 1.82) is 0 Å². The fraction of sp³-hybridized carbons (Fsp3) is 0.417. The van der Waals surface area contributed by atoms with E-state index >= 15 is 0 Å². The quantitative estimate of drug-likeness (QED) is 0.629. The van der Waals surface area contributed by atoms with Crippen LogP contribution in [0.1, 0.15) is 34.0 Å². The summed E-state index contributed by atoms with van der Waals surface area (Å²) in [4.78, 5) is 10.8. The molecule has 2 unspecified atom stereocenters. The third-order valence-electron chi connectivity index (χ3n) is 2.63. The number of alkyl halides is 1. The molecule has 1 aromatic carbocycles. The van der Waals surface area contributed by atoms with E-state index in [1.165, 1.54) is 6.07 Å². The molecule has 94 valence electrons. The van der Waals surface area contributed by atoms with Crippen LogP contribution < -0.4 is 0 Å². The van der Waals surface area contributed by atoms with Crippen LogP contribution in [0.3, 0.4) is 0 Å². The van der Waals surface area contributed by atoms with Crippen LogP contribution in [0.5, 0.6) is 0 Å². The molecule has 3 nitrogen and oxygen atoms in total. The summed E-state index contributed by atoms with van der Waals surface area (Å²) in [6.07, 6.45) is -1.93. The molecule has 0 radical (unpaired) electrons. The second-order valence-corrected chi connectivity index (χ2v) is 4.18. The zero-order chi connectivity index (χ0) is 13.0. The minimum absolute atomic E-state index is 0.123. The second kappa shape index (κ2) is 6.10. The Labute approximate surface area is 104 Å². The molecule has 0 amide bonds. The lowest BCUT2D eigenvalue weighted by Crippen LogP contribution is -2.21. The van der Waals surface area contributed by atoms with Crippen molar-refractivity contribution in [2.75, 3.05) is 5.88 Å². The Hall–Kier alpha value is -0.970. The molecule has 0 saturated heterocycles. The smallest absolute Gasteiger partial charge is 0.153 e. The number of rotatable bonds is 5. The SMILES string of the molecule is Cc1ccc(F)c(C=O)c1C(O)C(O)CCCl. The van der Waals surface area contributed by atoms with Gasteiger partial charge in [-0.2, -0.15) is 0 Å². The highest BCUT2D eigenvalue weighted by Gasteiger charge is 2.24. The number of aryl methyl sites for hydroxylation is 1. The van der Waals surface area contributed by atoms with Gasteiger partial charge < -0.3 is 10.2 Å². The Balaban J connectivity index is 3.19. The Bertz CT molecular complexity index is 409. The van der Waals surface area contributed by atoms with Gasteiger partial charge in [-0.05, 0) is 30.5 Å². The molecule has 17 heavy (non-hydrogen) atoms. The third-order valence-corrected chi connectivity index (χ3v) is 2.85. The Morgan fingerprint density at radius 2 is 2.12 bits per heavy atom. The van der Waals surface area contributed by atoms with Crippen molar-refractivity contribution in [2.45, 2.75) is 25.6 Å². The molecule has 0 saturated carbocycles. The van der Waals surface area contributed by atoms with Crippen molar-refractivity contribution in [1.82, 2.24) is 0 Å². The van der Waals surface area contributed by atoms with Gasteiger partial charge in [0.05, 0.1) is 11.7 Å². The summed E-state index contributed by atoms with van der Waals surface area (Å²) in [6.45, 7) is 1.64. The average molecular weight is 261 g/mol. The van der Waals surface area contributed by atoms with Gasteiger partial charge in [-0.15, -0.1) is 11.6 Å². The molecule has 0 fully saturated rings. The molecule has 0 spiro atoms. The van der Waals surface area contributed by atoms with E-state index in [4.69, 9.17) is 11.6 Å². The van der Waals surface area contributed by atoms with Gasteiger partial charge in [0.25, 0.3) is 0 Å². The summed E-state index contributed by atoms with van der Waals surface area (Å²) < 4.78 is 13.4. The standard InChI is InChI=1S/C12H14ClFO3/c1-7-2-3-9(14)8(6-15)11(7)12(17)10(16)4-5-13/h2-3,6,10,12,16-17H,4-5H2,1H3. The maximum absolute atomic E-state index is 13.4. The summed E-state index contributed by atoms with van der Waals surface area (Å²) >= 11 is 5.46. The minimum atomic E-state index is -1.32. The van der Waals surface area contributed by atoms with Crippen LogP contribution in [-0.4, -0.2) is 28.5 Å². The predicted octanol–water partition coefficient (Wildman–Crippen LogP) is 1.97. The number of hydrogen-bond donors (Lipinski definition) is 2. The van der Waals surface area contributed by atoms with E-state index in [2.05, 4.69) is 0 Å². The van der Waals surface area contributed by atoms with E-state index in [0.29, 0.717) is 11.8 Å². The van der Waals surface area contributed by atoms with E-state index in [0.717, 1.165) is 6.07 Å². The van der Waals surface area contributed by atoms with E-state index in [-0.39, 0.29) is 23.4 Å². The molecule has 2 atom stereocenters. The zero-order valence-electron chi connectivity index (χ0n) is 9.36. The highest BCUT2D eigenvalue weighted by molar-refractivity contribution is 6.17. The molecule has 1 rings (SSSR count).